The van der Waals surface area contributed by atoms with E-state index < -0.39 is 0 Å². The van der Waals surface area contributed by atoms with Gasteiger partial charge in [0.15, 0.2) is 6.79 Å². The minimum atomic E-state index is -0.218. The van der Waals surface area contributed by atoms with Crippen molar-refractivity contribution in [3.8, 4) is 5.75 Å². The molecule has 0 bridgehead atoms. The van der Waals surface area contributed by atoms with Crippen LogP contribution in [0.2, 0.25) is 5.02 Å². The van der Waals surface area contributed by atoms with Crippen LogP contribution < -0.4 is 4.74 Å². The number of ether oxygens (including phenoxy) is 2. The summed E-state index contributed by atoms with van der Waals surface area (Å²) in [5.41, 5.74) is 1.50. The first kappa shape index (κ1) is 20.1. The molecule has 0 saturated carbocycles. The third-order valence-corrected chi connectivity index (χ3v) is 4.14. The van der Waals surface area contributed by atoms with Gasteiger partial charge in [-0.05, 0) is 24.1 Å². The van der Waals surface area contributed by atoms with Crippen LogP contribution in [-0.4, -0.2) is 36.1 Å². The van der Waals surface area contributed by atoms with Gasteiger partial charge in [0.2, 0.25) is 5.91 Å². The second-order valence-electron chi connectivity index (χ2n) is 4.47. The Bertz CT molecular complexity index is 568. The number of allylic oxidation sites excluding steroid dienone is 1. The Labute approximate surface area is 169 Å². The summed E-state index contributed by atoms with van der Waals surface area (Å²) in [6, 6.07) is 5.34. The van der Waals surface area contributed by atoms with Gasteiger partial charge in [-0.2, -0.15) is 0 Å². The second-order valence-corrected chi connectivity index (χ2v) is 5.98. The van der Waals surface area contributed by atoms with E-state index in [4.69, 9.17) is 21.1 Å². The average molecular weight is 463 g/mol. The number of carbonyl (C=O) groups is 1. The minimum absolute atomic E-state index is 0. The molecule has 1 aliphatic rings. The maximum atomic E-state index is 12.2. The molecule has 0 N–H and O–H groups in total. The van der Waals surface area contributed by atoms with Crippen molar-refractivity contribution in [1.82, 2.24) is 4.90 Å². The number of carbonyl (C=O) groups excluding carboxylic acids is 1. The van der Waals surface area contributed by atoms with Gasteiger partial charge in [0.25, 0.3) is 0 Å². The summed E-state index contributed by atoms with van der Waals surface area (Å²) in [6.07, 6.45) is 3.78. The van der Waals surface area contributed by atoms with Crippen molar-refractivity contribution in [3.05, 3.63) is 34.9 Å². The Morgan fingerprint density at radius 3 is 2.82 bits per heavy atom. The Morgan fingerprint density at radius 2 is 2.23 bits per heavy atom. The zero-order valence-corrected chi connectivity index (χ0v) is 17.6. The van der Waals surface area contributed by atoms with E-state index in [2.05, 4.69) is 22.0 Å². The van der Waals surface area contributed by atoms with Gasteiger partial charge in [0.05, 0.1) is 4.83 Å². The smallest absolute Gasteiger partial charge is 0.236 e. The van der Waals surface area contributed by atoms with Crippen LogP contribution in [0.15, 0.2) is 18.2 Å². The van der Waals surface area contributed by atoms with Gasteiger partial charge >= 0.3 is 0 Å². The van der Waals surface area contributed by atoms with Crippen LogP contribution in [0.3, 0.4) is 0 Å². The summed E-state index contributed by atoms with van der Waals surface area (Å²) in [4.78, 5) is 13.7. The second kappa shape index (κ2) is 9.38. The third-order valence-electron chi connectivity index (χ3n) is 3.11. The zero-order chi connectivity index (χ0) is 15.4. The number of methoxy groups -OCH3 is 1. The number of halogens is 2. The van der Waals surface area contributed by atoms with Crippen molar-refractivity contribution in [2.45, 2.75) is 18.2 Å². The fourth-order valence-electron chi connectivity index (χ4n) is 2.11. The zero-order valence-electron chi connectivity index (χ0n) is 12.4. The molecule has 0 spiro atoms. The van der Waals surface area contributed by atoms with Crippen LogP contribution in [0.25, 0.3) is 5.70 Å². The van der Waals surface area contributed by atoms with E-state index in [1.807, 2.05) is 13.0 Å². The molecule has 0 aliphatic carbocycles. The summed E-state index contributed by atoms with van der Waals surface area (Å²) in [7, 11) is 1.55. The van der Waals surface area contributed by atoms with Crippen LogP contribution in [0, 0.1) is 6.08 Å². The van der Waals surface area contributed by atoms with Crippen LogP contribution in [-0.2, 0) is 42.2 Å². The Morgan fingerprint density at radius 1 is 1.50 bits per heavy atom. The first-order chi connectivity index (χ1) is 10.1. The molecular formula is C15H16BrClNO3Y-. The molecule has 1 amide bonds. The molecule has 0 aromatic heterocycles. The predicted octanol–water partition coefficient (Wildman–Crippen LogP) is 3.48. The number of amides is 1. The summed E-state index contributed by atoms with van der Waals surface area (Å²) in [6.45, 7) is 2.66. The van der Waals surface area contributed by atoms with Gasteiger partial charge in [-0.15, -0.1) is 28.9 Å². The van der Waals surface area contributed by atoms with E-state index in [0.717, 1.165) is 11.3 Å². The molecule has 1 aromatic carbocycles. The van der Waals surface area contributed by atoms with Gasteiger partial charge in [-0.1, -0.05) is 22.4 Å². The number of rotatable bonds is 5. The fourth-order valence-corrected chi connectivity index (χ4v) is 2.78. The van der Waals surface area contributed by atoms with Gasteiger partial charge in [-0.25, -0.2) is 6.08 Å². The number of alkyl halides is 1. The van der Waals surface area contributed by atoms with Crippen molar-refractivity contribution in [3.63, 3.8) is 0 Å². The van der Waals surface area contributed by atoms with Crippen LogP contribution in [0.4, 0.5) is 0 Å². The topological polar surface area (TPSA) is 38.8 Å². The standard InChI is InChI=1S/C15H16BrClNO3.Y/c1-3-18-14(7-6-12(16)15(18)19)11-5-4-10(8-13(11)17)21-9-20-2;/h4-5,8,12H,3,6,9H2,1-2H3;/q-1;. The Hall–Kier alpha value is 0.0639. The summed E-state index contributed by atoms with van der Waals surface area (Å²) < 4.78 is 10.2. The molecule has 2 rings (SSSR count). The van der Waals surface area contributed by atoms with E-state index in [0.29, 0.717) is 23.7 Å². The van der Waals surface area contributed by atoms with Crippen molar-refractivity contribution in [1.29, 1.82) is 0 Å². The van der Waals surface area contributed by atoms with Gasteiger partial charge in [-0.3, -0.25) is 4.79 Å². The molecule has 7 heteroatoms. The molecule has 1 radical (unpaired) electrons. The molecule has 0 fully saturated rings. The molecule has 22 heavy (non-hydrogen) atoms. The predicted molar refractivity (Wildman–Crippen MR) is 85.3 cm³/mol. The first-order valence-electron chi connectivity index (χ1n) is 6.56. The summed E-state index contributed by atoms with van der Waals surface area (Å²) in [5.74, 6) is 0.650. The quantitative estimate of drug-likeness (QED) is 0.382. The van der Waals surface area contributed by atoms with E-state index in [-0.39, 0.29) is 50.2 Å². The maximum Gasteiger partial charge on any atom is 0.236 e. The van der Waals surface area contributed by atoms with Crippen molar-refractivity contribution in [2.75, 3.05) is 20.4 Å². The van der Waals surface area contributed by atoms with Gasteiger partial charge in [0, 0.05) is 46.4 Å². The first-order valence-corrected chi connectivity index (χ1v) is 7.85. The molecule has 4 nitrogen and oxygen atoms in total. The van der Waals surface area contributed by atoms with Crippen molar-refractivity contribution < 1.29 is 47.0 Å². The van der Waals surface area contributed by atoms with E-state index >= 15 is 0 Å². The summed E-state index contributed by atoms with van der Waals surface area (Å²) >= 11 is 9.68. The molecule has 1 atom stereocenters. The number of hydrogen-bond acceptors (Lipinski definition) is 3. The number of nitrogens with zero attached hydrogens (tertiary/aromatic N) is 1. The molecule has 0 saturated heterocycles. The fraction of sp³-hybridized carbons (Fsp3) is 0.400. The SMILES string of the molecule is CCN1C(=O)C(Br)C[C-]=C1c1ccc(OCOC)cc1Cl.[Y]. The molecule has 1 unspecified atom stereocenters. The molecule has 1 heterocycles. The number of benzene rings is 1. The Kier molecular flexibility index (Phi) is 8.58. The van der Waals surface area contributed by atoms with Gasteiger partial charge < -0.3 is 14.4 Å². The van der Waals surface area contributed by atoms with Crippen molar-refractivity contribution in [2.24, 2.45) is 0 Å². The monoisotopic (exact) mass is 461 g/mol. The van der Waals surface area contributed by atoms with E-state index in [1.165, 1.54) is 0 Å². The summed E-state index contributed by atoms with van der Waals surface area (Å²) in [5, 5.41) is 0.519. The minimum Gasteiger partial charge on any atom is -0.468 e. The third kappa shape index (κ3) is 4.54. The molecule has 1 aliphatic heterocycles. The molecular weight excluding hydrogens is 446 g/mol. The van der Waals surface area contributed by atoms with E-state index in [9.17, 15) is 4.79 Å². The van der Waals surface area contributed by atoms with Crippen LogP contribution in [0.1, 0.15) is 18.9 Å². The maximum absolute atomic E-state index is 12.2. The molecule has 1 aromatic rings. The Balaban J connectivity index is 0.00000242. The largest absolute Gasteiger partial charge is 0.468 e. The van der Waals surface area contributed by atoms with Crippen LogP contribution >= 0.6 is 27.5 Å². The molecule has 117 valence electrons. The number of hydrogen-bond donors (Lipinski definition) is 0. The normalized spacial score (nSPS) is 17.8. The average Bonchev–Trinajstić information content (AvgIpc) is 2.48. The van der Waals surface area contributed by atoms with E-state index in [1.54, 1.807) is 24.1 Å². The van der Waals surface area contributed by atoms with Gasteiger partial charge in [0.1, 0.15) is 5.75 Å². The van der Waals surface area contributed by atoms with Crippen LogP contribution in [0.5, 0.6) is 5.75 Å². The van der Waals surface area contributed by atoms with Crippen molar-refractivity contribution >= 4 is 39.1 Å².